The molecule has 0 aliphatic carbocycles. The summed E-state index contributed by atoms with van der Waals surface area (Å²) >= 11 is 0. The van der Waals surface area contributed by atoms with Gasteiger partial charge in [-0.2, -0.15) is 0 Å². The highest BCUT2D eigenvalue weighted by molar-refractivity contribution is 5.85. The Kier molecular flexibility index (Phi) is 9.92. The van der Waals surface area contributed by atoms with Crippen LogP contribution in [0.4, 0.5) is 0 Å². The summed E-state index contributed by atoms with van der Waals surface area (Å²) in [7, 11) is 0. The van der Waals surface area contributed by atoms with E-state index in [4.69, 9.17) is 5.73 Å². The molecule has 5 nitrogen and oxygen atoms in total. The van der Waals surface area contributed by atoms with Gasteiger partial charge in [-0.05, 0) is 11.8 Å². The molecule has 0 aromatic carbocycles. The number of nitrogens with zero attached hydrogens (tertiary/aromatic N) is 2. The molecule has 0 spiro atoms. The van der Waals surface area contributed by atoms with Gasteiger partial charge in [0.05, 0.1) is 12.4 Å². The van der Waals surface area contributed by atoms with Gasteiger partial charge in [-0.1, -0.05) is 20.8 Å². The lowest BCUT2D eigenvalue weighted by atomic mass is 9.87. The van der Waals surface area contributed by atoms with Crippen molar-refractivity contribution in [3.63, 3.8) is 0 Å². The van der Waals surface area contributed by atoms with Crippen LogP contribution in [0, 0.1) is 5.41 Å². The molecule has 1 rings (SSSR count). The third kappa shape index (κ3) is 7.40. The van der Waals surface area contributed by atoms with Gasteiger partial charge in [0.1, 0.15) is 0 Å². The van der Waals surface area contributed by atoms with Crippen LogP contribution in [0.5, 0.6) is 0 Å². The zero-order valence-corrected chi connectivity index (χ0v) is 13.3. The van der Waals surface area contributed by atoms with Crippen LogP contribution < -0.4 is 11.1 Å². The van der Waals surface area contributed by atoms with Gasteiger partial charge in [0.15, 0.2) is 0 Å². The van der Waals surface area contributed by atoms with Gasteiger partial charge in [-0.3, -0.25) is 4.79 Å². The SMILES string of the molecule is CC(C)(C)[C@H](N)C(=O)NCCCn1ccnc1.Cl.Cl. The molecule has 0 aliphatic heterocycles. The Morgan fingerprint density at radius 1 is 1.42 bits per heavy atom. The van der Waals surface area contributed by atoms with E-state index in [0.29, 0.717) is 6.54 Å². The van der Waals surface area contributed by atoms with E-state index < -0.39 is 6.04 Å². The lowest BCUT2D eigenvalue weighted by molar-refractivity contribution is -0.124. The average molecular weight is 311 g/mol. The number of imidazole rings is 1. The van der Waals surface area contributed by atoms with Crippen LogP contribution in [0.2, 0.25) is 0 Å². The first kappa shape index (κ1) is 20.5. The quantitative estimate of drug-likeness (QED) is 0.811. The van der Waals surface area contributed by atoms with E-state index in [0.717, 1.165) is 13.0 Å². The summed E-state index contributed by atoms with van der Waals surface area (Å²) in [4.78, 5) is 15.6. The van der Waals surface area contributed by atoms with Gasteiger partial charge in [-0.25, -0.2) is 4.98 Å². The zero-order chi connectivity index (χ0) is 12.9. The monoisotopic (exact) mass is 310 g/mol. The average Bonchev–Trinajstić information content (AvgIpc) is 2.74. The Morgan fingerprint density at radius 3 is 2.53 bits per heavy atom. The van der Waals surface area contributed by atoms with Crippen LogP contribution in [0.25, 0.3) is 0 Å². The number of rotatable bonds is 5. The number of carbonyl (C=O) groups is 1. The normalized spacial score (nSPS) is 12.0. The summed E-state index contributed by atoms with van der Waals surface area (Å²) in [6.07, 6.45) is 6.29. The first-order chi connectivity index (χ1) is 7.91. The number of halogens is 2. The van der Waals surface area contributed by atoms with Crippen molar-refractivity contribution < 1.29 is 4.79 Å². The molecule has 0 aliphatic rings. The molecule has 0 saturated carbocycles. The highest BCUT2D eigenvalue weighted by atomic mass is 35.5. The van der Waals surface area contributed by atoms with Crippen molar-refractivity contribution >= 4 is 30.7 Å². The summed E-state index contributed by atoms with van der Waals surface area (Å²) in [5.74, 6) is -0.0804. The topological polar surface area (TPSA) is 72.9 Å². The molecule has 0 fully saturated rings. The van der Waals surface area contributed by atoms with Crippen molar-refractivity contribution in [2.75, 3.05) is 6.54 Å². The number of hydrogen-bond acceptors (Lipinski definition) is 3. The van der Waals surface area contributed by atoms with Crippen LogP contribution in [0.15, 0.2) is 18.7 Å². The number of hydrogen-bond donors (Lipinski definition) is 2. The highest BCUT2D eigenvalue weighted by Gasteiger charge is 2.26. The summed E-state index contributed by atoms with van der Waals surface area (Å²) in [5, 5.41) is 2.85. The molecule has 1 aromatic rings. The van der Waals surface area contributed by atoms with Gasteiger partial charge in [-0.15, -0.1) is 24.8 Å². The third-order valence-corrected chi connectivity index (χ3v) is 2.67. The predicted molar refractivity (Wildman–Crippen MR) is 81.8 cm³/mol. The Hall–Kier alpha value is -0.780. The maximum atomic E-state index is 11.7. The van der Waals surface area contributed by atoms with Crippen molar-refractivity contribution in [3.05, 3.63) is 18.7 Å². The largest absolute Gasteiger partial charge is 0.355 e. The van der Waals surface area contributed by atoms with Crippen LogP contribution in [-0.2, 0) is 11.3 Å². The van der Waals surface area contributed by atoms with E-state index in [1.807, 2.05) is 31.5 Å². The highest BCUT2D eigenvalue weighted by Crippen LogP contribution is 2.16. The number of aromatic nitrogens is 2. The number of nitrogens with one attached hydrogen (secondary N) is 1. The van der Waals surface area contributed by atoms with Gasteiger partial charge in [0.2, 0.25) is 5.91 Å². The summed E-state index contributed by atoms with van der Waals surface area (Å²) in [5.41, 5.74) is 5.64. The smallest absolute Gasteiger partial charge is 0.237 e. The minimum Gasteiger partial charge on any atom is -0.355 e. The second-order valence-corrected chi connectivity index (χ2v) is 5.29. The fourth-order valence-electron chi connectivity index (χ4n) is 1.40. The van der Waals surface area contributed by atoms with Crippen LogP contribution in [0.3, 0.4) is 0 Å². The van der Waals surface area contributed by atoms with Crippen LogP contribution in [0.1, 0.15) is 27.2 Å². The first-order valence-corrected chi connectivity index (χ1v) is 5.90. The van der Waals surface area contributed by atoms with Crippen LogP contribution in [-0.4, -0.2) is 28.0 Å². The van der Waals surface area contributed by atoms with Crippen molar-refractivity contribution in [2.45, 2.75) is 39.8 Å². The lowest BCUT2D eigenvalue weighted by Gasteiger charge is -2.25. The number of aryl methyl sites for hydroxylation is 1. The molecule has 0 radical (unpaired) electrons. The fraction of sp³-hybridized carbons (Fsp3) is 0.667. The standard InChI is InChI=1S/C12H22N4O.2ClH/c1-12(2,3)10(13)11(17)15-5-4-7-16-8-6-14-9-16;;/h6,8-10H,4-5,7,13H2,1-3H3,(H,15,17);2*1H/t10-;;/m1../s1. The van der Waals surface area contributed by atoms with E-state index in [2.05, 4.69) is 10.3 Å². The molecule has 1 aromatic heterocycles. The minimum absolute atomic E-state index is 0. The van der Waals surface area contributed by atoms with E-state index >= 15 is 0 Å². The molecule has 112 valence electrons. The second kappa shape index (κ2) is 9.18. The lowest BCUT2D eigenvalue weighted by Crippen LogP contribution is -2.48. The Morgan fingerprint density at radius 2 is 2.05 bits per heavy atom. The summed E-state index contributed by atoms with van der Waals surface area (Å²) < 4.78 is 1.98. The van der Waals surface area contributed by atoms with E-state index in [1.54, 1.807) is 12.5 Å². The van der Waals surface area contributed by atoms with Crippen molar-refractivity contribution in [1.29, 1.82) is 0 Å². The van der Waals surface area contributed by atoms with Gasteiger partial charge in [0.25, 0.3) is 0 Å². The first-order valence-electron chi connectivity index (χ1n) is 5.90. The molecule has 3 N–H and O–H groups in total. The molecule has 1 atom stereocenters. The van der Waals surface area contributed by atoms with Crippen LogP contribution >= 0.6 is 24.8 Å². The van der Waals surface area contributed by atoms with Gasteiger partial charge >= 0.3 is 0 Å². The van der Waals surface area contributed by atoms with Crippen molar-refractivity contribution in [1.82, 2.24) is 14.9 Å². The number of amides is 1. The van der Waals surface area contributed by atoms with Gasteiger partial charge in [0, 0.05) is 25.5 Å². The fourth-order valence-corrected chi connectivity index (χ4v) is 1.40. The molecule has 1 amide bonds. The minimum atomic E-state index is -0.462. The molecular formula is C12H24Cl2N4O. The third-order valence-electron chi connectivity index (χ3n) is 2.67. The summed E-state index contributed by atoms with van der Waals surface area (Å²) in [6.45, 7) is 7.38. The van der Waals surface area contributed by atoms with Crippen molar-refractivity contribution in [2.24, 2.45) is 11.1 Å². The zero-order valence-electron chi connectivity index (χ0n) is 11.6. The number of carbonyl (C=O) groups excluding carboxylic acids is 1. The molecule has 0 bridgehead atoms. The predicted octanol–water partition coefficient (Wildman–Crippen LogP) is 1.61. The molecule has 0 unspecified atom stereocenters. The molecule has 0 saturated heterocycles. The maximum Gasteiger partial charge on any atom is 0.237 e. The Balaban J connectivity index is 0. The van der Waals surface area contributed by atoms with Crippen molar-refractivity contribution in [3.8, 4) is 0 Å². The van der Waals surface area contributed by atoms with Gasteiger partial charge < -0.3 is 15.6 Å². The Bertz CT molecular complexity index is 349. The second-order valence-electron chi connectivity index (χ2n) is 5.29. The van der Waals surface area contributed by atoms with E-state index in [-0.39, 0.29) is 36.1 Å². The molecule has 1 heterocycles. The molecule has 7 heteroatoms. The summed E-state index contributed by atoms with van der Waals surface area (Å²) in [6, 6.07) is -0.462. The maximum absolute atomic E-state index is 11.7. The van der Waals surface area contributed by atoms with E-state index in [1.165, 1.54) is 0 Å². The number of nitrogens with two attached hydrogens (primary N) is 1. The Labute approximate surface area is 127 Å². The molecule has 19 heavy (non-hydrogen) atoms. The molecular weight excluding hydrogens is 287 g/mol. The van der Waals surface area contributed by atoms with E-state index in [9.17, 15) is 4.79 Å².